The van der Waals surface area contributed by atoms with Crippen LogP contribution in [0.3, 0.4) is 0 Å². The van der Waals surface area contributed by atoms with Crippen LogP contribution in [0.1, 0.15) is 5.56 Å². The average Bonchev–Trinajstić information content (AvgIpc) is 2.97. The number of hydrogen-bond donors (Lipinski definition) is 0. The predicted octanol–water partition coefficient (Wildman–Crippen LogP) is 7.73. The molecule has 0 aliphatic carbocycles. The van der Waals surface area contributed by atoms with Gasteiger partial charge in [0.2, 0.25) is 6.71 Å². The first-order valence-electron chi connectivity index (χ1n) is 13.7. The van der Waals surface area contributed by atoms with Crippen molar-refractivity contribution in [2.45, 2.75) is 6.92 Å². The first-order chi connectivity index (χ1) is 19.2. The summed E-state index contributed by atoms with van der Waals surface area (Å²) in [6.45, 7) is 2.42. The Morgan fingerprint density at radius 3 is 2.00 bits per heavy atom. The molecular formula is C37H24BN. The van der Waals surface area contributed by atoms with Gasteiger partial charge in [0.05, 0.1) is 0 Å². The molecule has 0 aromatic heterocycles. The van der Waals surface area contributed by atoms with E-state index in [1.165, 1.54) is 82.5 Å². The van der Waals surface area contributed by atoms with Gasteiger partial charge in [-0.25, -0.2) is 0 Å². The molecule has 7 aromatic rings. The number of benzene rings is 7. The van der Waals surface area contributed by atoms with E-state index in [1.54, 1.807) is 0 Å². The standard InChI is InChI=1S/C37H24BN/c1-23-18-31-30-14-6-12-25-13-7-15-32(36(25)30)38-33-21-27-10-4-5-11-28(27)22-34(33)39(35(19-23)37(31)38)29-17-16-24-8-2-3-9-26(24)20-29/h2-22H,1H3. The Kier molecular flexibility index (Phi) is 4.13. The molecule has 0 atom stereocenters. The number of rotatable bonds is 1. The summed E-state index contributed by atoms with van der Waals surface area (Å²) in [5, 5.41) is 7.80. The quantitative estimate of drug-likeness (QED) is 0.212. The topological polar surface area (TPSA) is 3.24 Å². The van der Waals surface area contributed by atoms with E-state index in [9.17, 15) is 0 Å². The van der Waals surface area contributed by atoms with Gasteiger partial charge in [-0.05, 0) is 91.1 Å². The molecule has 0 bridgehead atoms. The minimum Gasteiger partial charge on any atom is -0.311 e. The zero-order valence-electron chi connectivity index (χ0n) is 21.6. The second kappa shape index (κ2) is 7.62. The Morgan fingerprint density at radius 1 is 0.487 bits per heavy atom. The van der Waals surface area contributed by atoms with E-state index in [1.807, 2.05) is 0 Å². The highest BCUT2D eigenvalue weighted by atomic mass is 15.1. The van der Waals surface area contributed by atoms with E-state index in [-0.39, 0.29) is 6.71 Å². The van der Waals surface area contributed by atoms with Crippen LogP contribution in [-0.4, -0.2) is 6.71 Å². The highest BCUT2D eigenvalue weighted by Gasteiger charge is 2.41. The summed E-state index contributed by atoms with van der Waals surface area (Å²) in [4.78, 5) is 2.52. The fraction of sp³-hybridized carbons (Fsp3) is 0.0270. The molecule has 0 N–H and O–H groups in total. The summed E-state index contributed by atoms with van der Waals surface area (Å²) in [5.74, 6) is 0. The molecule has 0 saturated carbocycles. The van der Waals surface area contributed by atoms with Crippen molar-refractivity contribution in [3.8, 4) is 11.1 Å². The Balaban J connectivity index is 1.45. The molecule has 2 aliphatic heterocycles. The number of aryl methyl sites for hydroxylation is 1. The van der Waals surface area contributed by atoms with Crippen LogP contribution in [0, 0.1) is 6.92 Å². The van der Waals surface area contributed by atoms with Crippen LogP contribution in [0.25, 0.3) is 43.4 Å². The van der Waals surface area contributed by atoms with E-state index < -0.39 is 0 Å². The van der Waals surface area contributed by atoms with Crippen molar-refractivity contribution in [2.75, 3.05) is 4.90 Å². The third kappa shape index (κ3) is 2.86. The number of hydrogen-bond acceptors (Lipinski definition) is 1. The molecule has 0 amide bonds. The molecule has 2 aliphatic rings. The van der Waals surface area contributed by atoms with Gasteiger partial charge in [0, 0.05) is 17.1 Å². The second-order valence-electron chi connectivity index (χ2n) is 11.1. The SMILES string of the molecule is Cc1cc2c3c(c1)N(c1ccc4ccccc4c1)c1cc4ccccc4cc1B3c1cccc3cccc-2c13. The van der Waals surface area contributed by atoms with Crippen molar-refractivity contribution in [3.63, 3.8) is 0 Å². The molecule has 2 heterocycles. The first kappa shape index (κ1) is 21.2. The van der Waals surface area contributed by atoms with E-state index in [4.69, 9.17) is 0 Å². The van der Waals surface area contributed by atoms with Crippen LogP contribution in [0.4, 0.5) is 17.1 Å². The van der Waals surface area contributed by atoms with E-state index in [0.717, 1.165) is 0 Å². The number of anilines is 3. The van der Waals surface area contributed by atoms with Gasteiger partial charge in [0.25, 0.3) is 0 Å². The van der Waals surface area contributed by atoms with Gasteiger partial charge in [0.15, 0.2) is 0 Å². The van der Waals surface area contributed by atoms with Gasteiger partial charge in [-0.1, -0.05) is 109 Å². The van der Waals surface area contributed by atoms with Crippen molar-refractivity contribution in [1.82, 2.24) is 0 Å². The Morgan fingerprint density at radius 2 is 1.18 bits per heavy atom. The van der Waals surface area contributed by atoms with Crippen molar-refractivity contribution < 1.29 is 0 Å². The van der Waals surface area contributed by atoms with Crippen LogP contribution in [0.2, 0.25) is 0 Å². The molecule has 39 heavy (non-hydrogen) atoms. The summed E-state index contributed by atoms with van der Waals surface area (Å²) in [5.41, 5.74) is 12.0. The maximum atomic E-state index is 2.52. The minimum absolute atomic E-state index is 0.186. The largest absolute Gasteiger partial charge is 0.311 e. The summed E-state index contributed by atoms with van der Waals surface area (Å²) in [7, 11) is 0. The van der Waals surface area contributed by atoms with Crippen LogP contribution in [0.5, 0.6) is 0 Å². The monoisotopic (exact) mass is 493 g/mol. The highest BCUT2D eigenvalue weighted by Crippen LogP contribution is 2.43. The smallest absolute Gasteiger partial charge is 0.248 e. The zero-order valence-corrected chi connectivity index (χ0v) is 21.6. The lowest BCUT2D eigenvalue weighted by Gasteiger charge is -2.41. The molecule has 7 aromatic carbocycles. The van der Waals surface area contributed by atoms with E-state index >= 15 is 0 Å². The number of nitrogens with zero attached hydrogens (tertiary/aromatic N) is 1. The highest BCUT2D eigenvalue weighted by molar-refractivity contribution is 7.01. The van der Waals surface area contributed by atoms with Crippen LogP contribution in [0.15, 0.2) is 127 Å². The minimum atomic E-state index is 0.186. The Labute approximate surface area is 228 Å². The molecular weight excluding hydrogens is 469 g/mol. The fourth-order valence-corrected chi connectivity index (χ4v) is 7.20. The van der Waals surface area contributed by atoms with Gasteiger partial charge in [-0.2, -0.15) is 0 Å². The maximum Gasteiger partial charge on any atom is 0.248 e. The molecule has 180 valence electrons. The normalized spacial score (nSPS) is 13.2. The van der Waals surface area contributed by atoms with Crippen LogP contribution >= 0.6 is 0 Å². The predicted molar refractivity (Wildman–Crippen MR) is 168 cm³/mol. The van der Waals surface area contributed by atoms with Crippen LogP contribution in [-0.2, 0) is 0 Å². The molecule has 0 radical (unpaired) electrons. The van der Waals surface area contributed by atoms with Crippen molar-refractivity contribution in [3.05, 3.63) is 133 Å². The summed E-state index contributed by atoms with van der Waals surface area (Å²) >= 11 is 0. The van der Waals surface area contributed by atoms with Crippen molar-refractivity contribution in [2.24, 2.45) is 0 Å². The summed E-state index contributed by atoms with van der Waals surface area (Å²) in [6.07, 6.45) is 0. The molecule has 2 heteroatoms. The fourth-order valence-electron chi connectivity index (χ4n) is 7.20. The Hall–Kier alpha value is -4.82. The van der Waals surface area contributed by atoms with Gasteiger partial charge >= 0.3 is 0 Å². The zero-order chi connectivity index (χ0) is 25.7. The third-order valence-electron chi connectivity index (χ3n) is 8.81. The summed E-state index contributed by atoms with van der Waals surface area (Å²) in [6, 6.07) is 47.6. The van der Waals surface area contributed by atoms with Gasteiger partial charge in [-0.15, -0.1) is 0 Å². The van der Waals surface area contributed by atoms with Crippen molar-refractivity contribution in [1.29, 1.82) is 0 Å². The lowest BCUT2D eigenvalue weighted by molar-refractivity contribution is 1.29. The molecule has 0 fully saturated rings. The lowest BCUT2D eigenvalue weighted by atomic mass is 9.32. The molecule has 0 saturated heterocycles. The van der Waals surface area contributed by atoms with Crippen molar-refractivity contribution >= 4 is 72.5 Å². The van der Waals surface area contributed by atoms with Gasteiger partial charge in [0.1, 0.15) is 0 Å². The van der Waals surface area contributed by atoms with Gasteiger partial charge < -0.3 is 4.90 Å². The third-order valence-corrected chi connectivity index (χ3v) is 8.81. The van der Waals surface area contributed by atoms with Gasteiger partial charge in [-0.3, -0.25) is 0 Å². The van der Waals surface area contributed by atoms with E-state index in [0.29, 0.717) is 0 Å². The Bertz CT molecular complexity index is 2150. The average molecular weight is 493 g/mol. The van der Waals surface area contributed by atoms with E-state index in [2.05, 4.69) is 139 Å². The van der Waals surface area contributed by atoms with Crippen LogP contribution < -0.4 is 21.3 Å². The lowest BCUT2D eigenvalue weighted by Crippen LogP contribution is -2.59. The molecule has 1 nitrogen and oxygen atoms in total. The molecule has 0 unspecified atom stereocenters. The molecule has 9 rings (SSSR count). The maximum absolute atomic E-state index is 2.52. The number of fused-ring (bicyclic) bond motifs is 6. The second-order valence-corrected chi connectivity index (χ2v) is 11.1. The first-order valence-corrected chi connectivity index (χ1v) is 13.7. The molecule has 0 spiro atoms. The summed E-state index contributed by atoms with van der Waals surface area (Å²) < 4.78 is 0.